The smallest absolute Gasteiger partial charge is 0.341 e. The number of fused-ring (bicyclic) bond motifs is 3. The molecule has 17 heteroatoms. The van der Waals surface area contributed by atoms with E-state index in [1.54, 1.807) is 13.8 Å². The van der Waals surface area contributed by atoms with Gasteiger partial charge < -0.3 is 29.6 Å². The highest BCUT2D eigenvalue weighted by Gasteiger charge is 2.42. The van der Waals surface area contributed by atoms with Crippen LogP contribution in [0.25, 0.3) is 0 Å². The van der Waals surface area contributed by atoms with Crippen molar-refractivity contribution in [2.24, 2.45) is 0 Å². The van der Waals surface area contributed by atoms with Crippen LogP contribution in [0.5, 0.6) is 0 Å². The summed E-state index contributed by atoms with van der Waals surface area (Å²) >= 11 is 2.57. The molecule has 0 fully saturated rings. The summed E-state index contributed by atoms with van der Waals surface area (Å²) in [5.41, 5.74) is 1.96. The standard InChI is InChI=1S/C38H39N3O12S2/c1-4-50-37(48)29-22-10-6-8-12-25(22)54-31(29)39-27(42)17-52-35(46)19(3)41-33(44)21-15-14-20(16-24(21)34(41)45)36(47)53-18-28(43)40-32-30(38(49)51-5-2)23-11-7-9-13-26(23)55-32/h14-16,19H,4-13,17-18H2,1-3H3,(H,39,42)(H,40,43)/t19-/m1/s1. The molecule has 55 heavy (non-hydrogen) atoms. The van der Waals surface area contributed by atoms with Crippen LogP contribution >= 0.6 is 22.7 Å². The zero-order valence-corrected chi connectivity index (χ0v) is 32.1. The number of carbonyl (C=O) groups is 8. The third kappa shape index (κ3) is 8.17. The van der Waals surface area contributed by atoms with Gasteiger partial charge in [0.25, 0.3) is 23.6 Å². The van der Waals surface area contributed by atoms with E-state index in [-0.39, 0.29) is 29.9 Å². The van der Waals surface area contributed by atoms with Crippen molar-refractivity contribution in [1.82, 2.24) is 4.90 Å². The van der Waals surface area contributed by atoms with Crippen molar-refractivity contribution < 1.29 is 57.3 Å². The molecule has 0 unspecified atom stereocenters. The largest absolute Gasteiger partial charge is 0.462 e. The molecular formula is C38H39N3O12S2. The Kier molecular flexibility index (Phi) is 12.1. The average Bonchev–Trinajstić information content (AvgIpc) is 3.80. The lowest BCUT2D eigenvalue weighted by Crippen LogP contribution is -2.44. The molecule has 3 heterocycles. The fourth-order valence-corrected chi connectivity index (χ4v) is 9.37. The number of nitrogens with one attached hydrogen (secondary N) is 2. The number of hydrogen-bond donors (Lipinski definition) is 2. The van der Waals surface area contributed by atoms with Crippen molar-refractivity contribution in [2.75, 3.05) is 37.1 Å². The molecule has 2 N–H and O–H groups in total. The van der Waals surface area contributed by atoms with Crippen LogP contribution in [-0.4, -0.2) is 84.9 Å². The predicted octanol–water partition coefficient (Wildman–Crippen LogP) is 4.88. The Morgan fingerprint density at radius 2 is 1.16 bits per heavy atom. The Balaban J connectivity index is 1.04. The maximum atomic E-state index is 13.4. The van der Waals surface area contributed by atoms with E-state index in [0.29, 0.717) is 38.9 Å². The summed E-state index contributed by atoms with van der Waals surface area (Å²) < 4.78 is 20.8. The van der Waals surface area contributed by atoms with Gasteiger partial charge in [-0.15, -0.1) is 22.7 Å². The Morgan fingerprint density at radius 1 is 0.673 bits per heavy atom. The van der Waals surface area contributed by atoms with Crippen molar-refractivity contribution in [1.29, 1.82) is 0 Å². The number of esters is 4. The molecule has 6 rings (SSSR count). The Labute approximate surface area is 323 Å². The molecule has 0 bridgehead atoms. The Bertz CT molecular complexity index is 2100. The minimum Gasteiger partial charge on any atom is -0.462 e. The van der Waals surface area contributed by atoms with Crippen molar-refractivity contribution in [3.05, 3.63) is 66.9 Å². The molecule has 1 atom stereocenters. The topological polar surface area (TPSA) is 201 Å². The lowest BCUT2D eigenvalue weighted by atomic mass is 9.95. The van der Waals surface area contributed by atoms with Crippen molar-refractivity contribution in [3.63, 3.8) is 0 Å². The molecule has 0 radical (unpaired) electrons. The number of benzene rings is 1. The average molecular weight is 794 g/mol. The normalized spacial score (nSPS) is 14.9. The van der Waals surface area contributed by atoms with E-state index in [4.69, 9.17) is 18.9 Å². The number of ether oxygens (including phenoxy) is 4. The van der Waals surface area contributed by atoms with Crippen LogP contribution in [0.15, 0.2) is 18.2 Å². The molecule has 0 saturated carbocycles. The number of rotatable bonds is 13. The van der Waals surface area contributed by atoms with Crippen molar-refractivity contribution >= 4 is 80.2 Å². The van der Waals surface area contributed by atoms with Gasteiger partial charge in [0, 0.05) is 9.75 Å². The lowest BCUT2D eigenvalue weighted by Gasteiger charge is -2.20. The van der Waals surface area contributed by atoms with Crippen LogP contribution in [0.1, 0.15) is 119 Å². The van der Waals surface area contributed by atoms with Crippen LogP contribution < -0.4 is 10.6 Å². The van der Waals surface area contributed by atoms with Gasteiger partial charge in [-0.3, -0.25) is 24.1 Å². The number of carbonyl (C=O) groups excluding carboxylic acids is 8. The van der Waals surface area contributed by atoms with Gasteiger partial charge in [0.05, 0.1) is 41.0 Å². The van der Waals surface area contributed by atoms with Crippen molar-refractivity contribution in [3.8, 4) is 0 Å². The molecule has 4 amide bonds. The molecule has 2 aromatic heterocycles. The minimum atomic E-state index is -1.44. The van der Waals surface area contributed by atoms with Gasteiger partial charge in [0.2, 0.25) is 0 Å². The monoisotopic (exact) mass is 793 g/mol. The van der Waals surface area contributed by atoms with E-state index in [1.807, 2.05) is 0 Å². The number of anilines is 2. The highest BCUT2D eigenvalue weighted by atomic mass is 32.1. The van der Waals surface area contributed by atoms with Crippen LogP contribution in [0, 0.1) is 0 Å². The first-order chi connectivity index (χ1) is 26.4. The molecule has 0 spiro atoms. The third-order valence-corrected chi connectivity index (χ3v) is 11.8. The van der Waals surface area contributed by atoms with E-state index in [9.17, 15) is 38.4 Å². The molecule has 1 aliphatic heterocycles. The number of imide groups is 1. The molecule has 1 aromatic carbocycles. The summed E-state index contributed by atoms with van der Waals surface area (Å²) in [6, 6.07) is 2.18. The fourth-order valence-electron chi connectivity index (χ4n) is 6.79. The van der Waals surface area contributed by atoms with Gasteiger partial charge in [0.15, 0.2) is 13.2 Å². The van der Waals surface area contributed by atoms with Gasteiger partial charge in [-0.25, -0.2) is 19.2 Å². The highest BCUT2D eigenvalue weighted by molar-refractivity contribution is 7.17. The van der Waals surface area contributed by atoms with Crippen LogP contribution in [-0.2, 0) is 59.0 Å². The maximum Gasteiger partial charge on any atom is 0.341 e. The van der Waals surface area contributed by atoms with E-state index in [0.717, 1.165) is 65.5 Å². The van der Waals surface area contributed by atoms with Crippen LogP contribution in [0.4, 0.5) is 10.0 Å². The number of aryl methyl sites for hydroxylation is 2. The summed E-state index contributed by atoms with van der Waals surface area (Å²) in [4.78, 5) is 106. The SMILES string of the molecule is CCOC(=O)c1c(NC(=O)COC(=O)c2ccc3c(c2)C(=O)N([C@H](C)C(=O)OCC(=O)Nc2sc4c(c2C(=O)OCC)CCCC4)C3=O)sc2c1CCCC2. The summed E-state index contributed by atoms with van der Waals surface area (Å²) in [6.07, 6.45) is 6.66. The number of nitrogens with zero attached hydrogens (tertiary/aromatic N) is 1. The van der Waals surface area contributed by atoms with Gasteiger partial charge in [-0.05, 0) is 101 Å². The van der Waals surface area contributed by atoms with Crippen LogP contribution in [0.3, 0.4) is 0 Å². The fraction of sp³-hybridized carbons (Fsp3) is 0.421. The second kappa shape index (κ2) is 16.9. The molecular weight excluding hydrogens is 755 g/mol. The minimum absolute atomic E-state index is 0.0713. The van der Waals surface area contributed by atoms with E-state index in [1.165, 1.54) is 41.7 Å². The molecule has 3 aromatic rings. The highest BCUT2D eigenvalue weighted by Crippen LogP contribution is 2.40. The maximum absolute atomic E-state index is 13.4. The summed E-state index contributed by atoms with van der Waals surface area (Å²) in [7, 11) is 0. The van der Waals surface area contributed by atoms with Gasteiger partial charge >= 0.3 is 23.9 Å². The Morgan fingerprint density at radius 3 is 1.69 bits per heavy atom. The number of thiophene rings is 2. The lowest BCUT2D eigenvalue weighted by molar-refractivity contribution is -0.150. The number of hydrogen-bond acceptors (Lipinski definition) is 14. The third-order valence-electron chi connectivity index (χ3n) is 9.37. The molecule has 15 nitrogen and oxygen atoms in total. The summed E-state index contributed by atoms with van der Waals surface area (Å²) in [5.74, 6) is -6.18. The van der Waals surface area contributed by atoms with E-state index in [2.05, 4.69) is 10.6 Å². The first-order valence-electron chi connectivity index (χ1n) is 18.0. The predicted molar refractivity (Wildman–Crippen MR) is 199 cm³/mol. The van der Waals surface area contributed by atoms with E-state index >= 15 is 0 Å². The number of amides is 4. The van der Waals surface area contributed by atoms with Gasteiger partial charge in [-0.2, -0.15) is 0 Å². The summed E-state index contributed by atoms with van der Waals surface area (Å²) in [5, 5.41) is 5.92. The first kappa shape index (κ1) is 39.3. The van der Waals surface area contributed by atoms with E-state index < -0.39 is 66.8 Å². The van der Waals surface area contributed by atoms with Crippen molar-refractivity contribution in [2.45, 2.75) is 78.2 Å². The van der Waals surface area contributed by atoms with Gasteiger partial charge in [-0.1, -0.05) is 0 Å². The zero-order chi connectivity index (χ0) is 39.4. The second-order valence-corrected chi connectivity index (χ2v) is 15.2. The van der Waals surface area contributed by atoms with Crippen LogP contribution in [0.2, 0.25) is 0 Å². The first-order valence-corrected chi connectivity index (χ1v) is 19.6. The molecule has 2 aliphatic carbocycles. The molecule has 3 aliphatic rings. The zero-order valence-electron chi connectivity index (χ0n) is 30.5. The molecule has 290 valence electrons. The Hall–Kier alpha value is -5.42. The molecule has 0 saturated heterocycles. The second-order valence-electron chi connectivity index (χ2n) is 13.0. The van der Waals surface area contributed by atoms with Gasteiger partial charge in [0.1, 0.15) is 16.0 Å². The quantitative estimate of drug-likeness (QED) is 0.135. The summed E-state index contributed by atoms with van der Waals surface area (Å²) in [6.45, 7) is 3.52.